The standard InChI is InChI=1S/C20H21N3OS/c1-14-11-17(14)20(24)22(2)12-15-13-23(16-7-4-3-5-8-16)21-19(15)18-9-6-10-25-18/h3-10,13-14,17H,11-12H2,1-2H3. The molecule has 1 fully saturated rings. The lowest BCUT2D eigenvalue weighted by Gasteiger charge is -2.16. The summed E-state index contributed by atoms with van der Waals surface area (Å²) in [7, 11) is 1.89. The van der Waals surface area contributed by atoms with Crippen molar-refractivity contribution in [2.45, 2.75) is 19.9 Å². The molecule has 2 aromatic heterocycles. The van der Waals surface area contributed by atoms with Gasteiger partial charge in [-0.2, -0.15) is 5.10 Å². The first-order valence-corrected chi connectivity index (χ1v) is 9.44. The Morgan fingerprint density at radius 2 is 2.04 bits per heavy atom. The molecule has 5 heteroatoms. The van der Waals surface area contributed by atoms with Crippen molar-refractivity contribution in [1.29, 1.82) is 0 Å². The Hall–Kier alpha value is -2.40. The van der Waals surface area contributed by atoms with Gasteiger partial charge in [-0.3, -0.25) is 4.79 Å². The lowest BCUT2D eigenvalue weighted by Crippen LogP contribution is -2.28. The van der Waals surface area contributed by atoms with Crippen LogP contribution in [0.3, 0.4) is 0 Å². The molecule has 2 heterocycles. The van der Waals surface area contributed by atoms with Gasteiger partial charge in [0.1, 0.15) is 5.69 Å². The molecule has 0 saturated heterocycles. The monoisotopic (exact) mass is 351 g/mol. The van der Waals surface area contributed by atoms with Crippen LogP contribution in [0.5, 0.6) is 0 Å². The highest BCUT2D eigenvalue weighted by atomic mass is 32.1. The molecule has 0 radical (unpaired) electrons. The minimum atomic E-state index is 0.208. The lowest BCUT2D eigenvalue weighted by molar-refractivity contribution is -0.132. The average molecular weight is 351 g/mol. The number of aromatic nitrogens is 2. The van der Waals surface area contributed by atoms with Crippen molar-refractivity contribution in [3.05, 3.63) is 59.6 Å². The van der Waals surface area contributed by atoms with Crippen LogP contribution in [0.1, 0.15) is 18.9 Å². The van der Waals surface area contributed by atoms with Gasteiger partial charge in [0, 0.05) is 31.3 Å². The van der Waals surface area contributed by atoms with E-state index in [1.807, 2.05) is 59.2 Å². The normalized spacial score (nSPS) is 19.0. The van der Waals surface area contributed by atoms with E-state index in [1.165, 1.54) is 0 Å². The van der Waals surface area contributed by atoms with E-state index in [0.29, 0.717) is 12.5 Å². The smallest absolute Gasteiger partial charge is 0.226 e. The second-order valence-electron chi connectivity index (χ2n) is 6.77. The van der Waals surface area contributed by atoms with Crippen LogP contribution >= 0.6 is 11.3 Å². The lowest BCUT2D eigenvalue weighted by atomic mass is 10.2. The fourth-order valence-electron chi connectivity index (χ4n) is 3.14. The maximum Gasteiger partial charge on any atom is 0.226 e. The number of para-hydroxylation sites is 1. The quantitative estimate of drug-likeness (QED) is 0.690. The highest BCUT2D eigenvalue weighted by Gasteiger charge is 2.40. The van der Waals surface area contributed by atoms with Crippen molar-refractivity contribution in [2.24, 2.45) is 11.8 Å². The Labute approximate surface area is 151 Å². The first-order chi connectivity index (χ1) is 12.1. The number of nitrogens with zero attached hydrogens (tertiary/aromatic N) is 3. The minimum Gasteiger partial charge on any atom is -0.341 e. The number of hydrogen-bond acceptors (Lipinski definition) is 3. The summed E-state index contributed by atoms with van der Waals surface area (Å²) in [5.41, 5.74) is 3.06. The van der Waals surface area contributed by atoms with Crippen LogP contribution < -0.4 is 0 Å². The van der Waals surface area contributed by atoms with Gasteiger partial charge in [-0.15, -0.1) is 11.3 Å². The van der Waals surface area contributed by atoms with E-state index in [4.69, 9.17) is 5.10 Å². The van der Waals surface area contributed by atoms with E-state index in [0.717, 1.165) is 28.2 Å². The maximum absolute atomic E-state index is 12.5. The van der Waals surface area contributed by atoms with Crippen molar-refractivity contribution < 1.29 is 4.79 Å². The first-order valence-electron chi connectivity index (χ1n) is 8.56. The van der Waals surface area contributed by atoms with Crippen LogP contribution in [-0.4, -0.2) is 27.6 Å². The molecular formula is C20H21N3OS. The van der Waals surface area contributed by atoms with E-state index >= 15 is 0 Å². The second-order valence-corrected chi connectivity index (χ2v) is 7.72. The number of amides is 1. The molecular weight excluding hydrogens is 330 g/mol. The molecule has 3 aromatic rings. The van der Waals surface area contributed by atoms with Crippen LogP contribution in [0.2, 0.25) is 0 Å². The van der Waals surface area contributed by atoms with E-state index in [9.17, 15) is 4.79 Å². The highest BCUT2D eigenvalue weighted by Crippen LogP contribution is 2.39. The van der Waals surface area contributed by atoms with E-state index < -0.39 is 0 Å². The van der Waals surface area contributed by atoms with Crippen molar-refractivity contribution >= 4 is 17.2 Å². The Kier molecular flexibility index (Phi) is 4.17. The molecule has 2 atom stereocenters. The molecule has 25 heavy (non-hydrogen) atoms. The average Bonchev–Trinajstić information content (AvgIpc) is 3.04. The number of carbonyl (C=O) groups is 1. The SMILES string of the molecule is CC1CC1C(=O)N(C)Cc1cn(-c2ccccc2)nc1-c1cccs1. The number of hydrogen-bond donors (Lipinski definition) is 0. The zero-order chi connectivity index (χ0) is 17.4. The van der Waals surface area contributed by atoms with Crippen molar-refractivity contribution in [2.75, 3.05) is 7.05 Å². The predicted molar refractivity (Wildman–Crippen MR) is 101 cm³/mol. The Morgan fingerprint density at radius 3 is 2.68 bits per heavy atom. The zero-order valence-corrected chi connectivity index (χ0v) is 15.2. The topological polar surface area (TPSA) is 38.1 Å². The van der Waals surface area contributed by atoms with Gasteiger partial charge >= 0.3 is 0 Å². The molecule has 128 valence electrons. The molecule has 0 N–H and O–H groups in total. The zero-order valence-electron chi connectivity index (χ0n) is 14.4. The van der Waals surface area contributed by atoms with Gasteiger partial charge in [-0.05, 0) is 35.9 Å². The van der Waals surface area contributed by atoms with Gasteiger partial charge in [-0.25, -0.2) is 4.68 Å². The summed E-state index contributed by atoms with van der Waals surface area (Å²) in [5, 5.41) is 6.86. The van der Waals surface area contributed by atoms with Gasteiger partial charge in [0.15, 0.2) is 0 Å². The summed E-state index contributed by atoms with van der Waals surface area (Å²) in [6, 6.07) is 14.2. The van der Waals surface area contributed by atoms with Gasteiger partial charge < -0.3 is 4.90 Å². The van der Waals surface area contributed by atoms with E-state index in [-0.39, 0.29) is 11.8 Å². The number of benzene rings is 1. The van der Waals surface area contributed by atoms with Gasteiger partial charge in [-0.1, -0.05) is 31.2 Å². The van der Waals surface area contributed by atoms with Crippen LogP contribution in [0, 0.1) is 11.8 Å². The summed E-state index contributed by atoms with van der Waals surface area (Å²) in [5.74, 6) is 0.982. The third-order valence-electron chi connectivity index (χ3n) is 4.78. The summed E-state index contributed by atoms with van der Waals surface area (Å²) in [6.45, 7) is 2.73. The van der Waals surface area contributed by atoms with Gasteiger partial charge in [0.25, 0.3) is 0 Å². The minimum absolute atomic E-state index is 0.208. The number of carbonyl (C=O) groups excluding carboxylic acids is 1. The van der Waals surface area contributed by atoms with Crippen LogP contribution in [0.4, 0.5) is 0 Å². The Bertz CT molecular complexity index is 870. The fourth-order valence-corrected chi connectivity index (χ4v) is 3.89. The van der Waals surface area contributed by atoms with Crippen molar-refractivity contribution in [3.63, 3.8) is 0 Å². The molecule has 1 aromatic carbocycles. The van der Waals surface area contributed by atoms with Crippen LogP contribution in [-0.2, 0) is 11.3 Å². The van der Waals surface area contributed by atoms with Gasteiger partial charge in [0.2, 0.25) is 5.91 Å². The third-order valence-corrected chi connectivity index (χ3v) is 5.65. The van der Waals surface area contributed by atoms with Crippen LogP contribution in [0.25, 0.3) is 16.3 Å². The molecule has 4 nitrogen and oxygen atoms in total. The van der Waals surface area contributed by atoms with E-state index in [1.54, 1.807) is 11.3 Å². The number of rotatable bonds is 5. The fraction of sp³-hybridized carbons (Fsp3) is 0.300. The van der Waals surface area contributed by atoms with Crippen molar-refractivity contribution in [3.8, 4) is 16.3 Å². The molecule has 0 aliphatic heterocycles. The molecule has 1 amide bonds. The largest absolute Gasteiger partial charge is 0.341 e. The molecule has 0 bridgehead atoms. The molecule has 2 unspecified atom stereocenters. The number of thiophene rings is 1. The summed E-state index contributed by atoms with van der Waals surface area (Å²) >= 11 is 1.67. The molecule has 4 rings (SSSR count). The maximum atomic E-state index is 12.5. The molecule has 1 aliphatic carbocycles. The highest BCUT2D eigenvalue weighted by molar-refractivity contribution is 7.13. The van der Waals surface area contributed by atoms with Crippen LogP contribution in [0.15, 0.2) is 54.0 Å². The molecule has 1 saturated carbocycles. The predicted octanol–water partition coefficient (Wildman–Crippen LogP) is 4.22. The summed E-state index contributed by atoms with van der Waals surface area (Å²) in [4.78, 5) is 15.5. The Balaban J connectivity index is 1.65. The Morgan fingerprint density at radius 1 is 1.28 bits per heavy atom. The molecule has 0 spiro atoms. The van der Waals surface area contributed by atoms with E-state index in [2.05, 4.69) is 18.4 Å². The summed E-state index contributed by atoms with van der Waals surface area (Å²) in [6.07, 6.45) is 3.06. The van der Waals surface area contributed by atoms with Crippen molar-refractivity contribution in [1.82, 2.24) is 14.7 Å². The summed E-state index contributed by atoms with van der Waals surface area (Å²) < 4.78 is 1.91. The first kappa shape index (κ1) is 16.1. The third kappa shape index (κ3) is 3.24. The van der Waals surface area contributed by atoms with Gasteiger partial charge in [0.05, 0.1) is 10.6 Å². The second kappa shape index (κ2) is 6.48. The molecule has 1 aliphatic rings.